The van der Waals surface area contributed by atoms with E-state index in [2.05, 4.69) is 0 Å². The van der Waals surface area contributed by atoms with Gasteiger partial charge in [-0.25, -0.2) is 0 Å². The third-order valence-electron chi connectivity index (χ3n) is 2.45. The van der Waals surface area contributed by atoms with E-state index in [0.717, 1.165) is 25.7 Å². The van der Waals surface area contributed by atoms with Gasteiger partial charge < -0.3 is 5.11 Å². The number of rotatable bonds is 3. The zero-order valence-electron chi connectivity index (χ0n) is 7.10. The third-order valence-corrected chi connectivity index (χ3v) is 2.45. The van der Waals surface area contributed by atoms with Gasteiger partial charge in [-0.3, -0.25) is 4.79 Å². The first-order valence-corrected chi connectivity index (χ1v) is 4.40. The predicted molar refractivity (Wildman–Crippen MR) is 43.3 cm³/mol. The Morgan fingerprint density at radius 2 is 2.00 bits per heavy atom. The first-order valence-electron chi connectivity index (χ1n) is 4.40. The molecule has 64 valence electrons. The molecule has 0 amide bonds. The van der Waals surface area contributed by atoms with Crippen molar-refractivity contribution in [1.29, 1.82) is 0 Å². The molecule has 0 aliphatic heterocycles. The van der Waals surface area contributed by atoms with Gasteiger partial charge in [0.2, 0.25) is 0 Å². The minimum Gasteiger partial charge on any atom is -0.389 e. The van der Waals surface area contributed by atoms with E-state index in [4.69, 9.17) is 0 Å². The van der Waals surface area contributed by atoms with Gasteiger partial charge in [0.15, 0.2) is 0 Å². The van der Waals surface area contributed by atoms with E-state index in [9.17, 15) is 9.90 Å². The molecule has 0 saturated heterocycles. The Kier molecular flexibility index (Phi) is 2.66. The van der Waals surface area contributed by atoms with Crippen LogP contribution in [0, 0.1) is 0 Å². The van der Waals surface area contributed by atoms with Gasteiger partial charge in [-0.1, -0.05) is 19.8 Å². The topological polar surface area (TPSA) is 37.3 Å². The van der Waals surface area contributed by atoms with Crippen molar-refractivity contribution in [2.45, 2.75) is 51.0 Å². The highest BCUT2D eigenvalue weighted by molar-refractivity contribution is 5.79. The summed E-state index contributed by atoms with van der Waals surface area (Å²) in [5, 5.41) is 9.77. The molecule has 1 N–H and O–H groups in total. The fraction of sp³-hybridized carbons (Fsp3) is 0.889. The molecule has 1 saturated carbocycles. The minimum atomic E-state index is -0.632. The van der Waals surface area contributed by atoms with E-state index in [0.29, 0.717) is 12.8 Å². The van der Waals surface area contributed by atoms with Gasteiger partial charge in [-0.2, -0.15) is 0 Å². The number of aliphatic hydroxyl groups is 1. The van der Waals surface area contributed by atoms with E-state index in [-0.39, 0.29) is 5.78 Å². The van der Waals surface area contributed by atoms with Crippen molar-refractivity contribution in [1.82, 2.24) is 0 Å². The third kappa shape index (κ3) is 2.29. The molecule has 1 fully saturated rings. The summed E-state index contributed by atoms with van der Waals surface area (Å²) in [6.45, 7) is 1.85. The van der Waals surface area contributed by atoms with Gasteiger partial charge in [0.25, 0.3) is 0 Å². The lowest BCUT2D eigenvalue weighted by Gasteiger charge is -2.20. The molecular formula is C9H16O2. The fourth-order valence-electron chi connectivity index (χ4n) is 1.70. The van der Waals surface area contributed by atoms with Crippen molar-refractivity contribution in [3.8, 4) is 0 Å². The lowest BCUT2D eigenvalue weighted by atomic mass is 9.95. The Balaban J connectivity index is 2.39. The molecule has 1 aliphatic rings. The summed E-state index contributed by atoms with van der Waals surface area (Å²) in [4.78, 5) is 11.0. The van der Waals surface area contributed by atoms with Crippen LogP contribution in [0.3, 0.4) is 0 Å². The largest absolute Gasteiger partial charge is 0.389 e. The van der Waals surface area contributed by atoms with Crippen molar-refractivity contribution >= 4 is 5.78 Å². The van der Waals surface area contributed by atoms with E-state index in [1.54, 1.807) is 0 Å². The molecule has 1 rings (SSSR count). The summed E-state index contributed by atoms with van der Waals surface area (Å²) in [5.74, 6) is 0.189. The highest BCUT2D eigenvalue weighted by Gasteiger charge is 2.32. The maximum Gasteiger partial charge on any atom is 0.135 e. The molecule has 2 nitrogen and oxygen atoms in total. The van der Waals surface area contributed by atoms with E-state index < -0.39 is 5.60 Å². The van der Waals surface area contributed by atoms with Crippen molar-refractivity contribution in [3.63, 3.8) is 0 Å². The van der Waals surface area contributed by atoms with Crippen LogP contribution in [0.5, 0.6) is 0 Å². The summed E-state index contributed by atoms with van der Waals surface area (Å²) in [5.41, 5.74) is -0.632. The van der Waals surface area contributed by atoms with Crippen molar-refractivity contribution in [2.24, 2.45) is 0 Å². The van der Waals surface area contributed by atoms with Gasteiger partial charge in [-0.05, 0) is 12.8 Å². The Hall–Kier alpha value is -0.370. The summed E-state index contributed by atoms with van der Waals surface area (Å²) in [6.07, 6.45) is 4.73. The standard InChI is InChI=1S/C9H16O2/c1-2-8(10)7-9(11)5-3-4-6-9/h11H,2-7H2,1H3. The second kappa shape index (κ2) is 3.35. The van der Waals surface area contributed by atoms with Crippen LogP contribution in [-0.4, -0.2) is 16.5 Å². The van der Waals surface area contributed by atoms with Crippen molar-refractivity contribution in [3.05, 3.63) is 0 Å². The van der Waals surface area contributed by atoms with Crippen LogP contribution in [-0.2, 0) is 4.79 Å². The van der Waals surface area contributed by atoms with Gasteiger partial charge >= 0.3 is 0 Å². The number of Topliss-reactive ketones (excluding diaryl/α,β-unsaturated/α-hetero) is 1. The number of ketones is 1. The van der Waals surface area contributed by atoms with E-state index in [1.807, 2.05) is 6.92 Å². The molecule has 1 aliphatic carbocycles. The zero-order chi connectivity index (χ0) is 8.32. The zero-order valence-corrected chi connectivity index (χ0v) is 7.10. The summed E-state index contributed by atoms with van der Waals surface area (Å²) >= 11 is 0. The SMILES string of the molecule is CCC(=O)CC1(O)CCCC1. The molecule has 0 bridgehead atoms. The fourth-order valence-corrected chi connectivity index (χ4v) is 1.70. The summed E-state index contributed by atoms with van der Waals surface area (Å²) in [7, 11) is 0. The van der Waals surface area contributed by atoms with E-state index in [1.165, 1.54) is 0 Å². The number of hydrogen-bond acceptors (Lipinski definition) is 2. The quantitative estimate of drug-likeness (QED) is 0.674. The average molecular weight is 156 g/mol. The normalized spacial score (nSPS) is 22.0. The van der Waals surface area contributed by atoms with Crippen LogP contribution < -0.4 is 0 Å². The van der Waals surface area contributed by atoms with Gasteiger partial charge in [0.05, 0.1) is 5.60 Å². The highest BCUT2D eigenvalue weighted by Crippen LogP contribution is 2.32. The molecule has 0 heterocycles. The molecule has 0 atom stereocenters. The van der Waals surface area contributed by atoms with Gasteiger partial charge in [0, 0.05) is 12.8 Å². The summed E-state index contributed by atoms with van der Waals surface area (Å²) < 4.78 is 0. The van der Waals surface area contributed by atoms with Crippen LogP contribution in [0.4, 0.5) is 0 Å². The number of hydrogen-bond donors (Lipinski definition) is 1. The Morgan fingerprint density at radius 3 is 2.45 bits per heavy atom. The smallest absolute Gasteiger partial charge is 0.135 e. The van der Waals surface area contributed by atoms with Crippen LogP contribution in [0.1, 0.15) is 45.4 Å². The molecule has 0 radical (unpaired) electrons. The predicted octanol–water partition coefficient (Wildman–Crippen LogP) is 1.66. The Labute approximate surface area is 67.6 Å². The number of carbonyl (C=O) groups is 1. The highest BCUT2D eigenvalue weighted by atomic mass is 16.3. The van der Waals surface area contributed by atoms with Gasteiger partial charge in [0.1, 0.15) is 5.78 Å². The molecule has 11 heavy (non-hydrogen) atoms. The Bertz CT molecular complexity index is 146. The molecule has 0 aromatic rings. The van der Waals surface area contributed by atoms with Gasteiger partial charge in [-0.15, -0.1) is 0 Å². The van der Waals surface area contributed by atoms with Crippen LogP contribution in [0.2, 0.25) is 0 Å². The van der Waals surface area contributed by atoms with Crippen LogP contribution in [0.25, 0.3) is 0 Å². The molecule has 0 aromatic heterocycles. The lowest BCUT2D eigenvalue weighted by Crippen LogP contribution is -2.27. The van der Waals surface area contributed by atoms with Crippen molar-refractivity contribution < 1.29 is 9.90 Å². The second-order valence-electron chi connectivity index (χ2n) is 3.50. The number of carbonyl (C=O) groups excluding carboxylic acids is 1. The second-order valence-corrected chi connectivity index (χ2v) is 3.50. The maximum atomic E-state index is 11.0. The first-order chi connectivity index (χ1) is 5.16. The van der Waals surface area contributed by atoms with Crippen LogP contribution in [0.15, 0.2) is 0 Å². The average Bonchev–Trinajstić information content (AvgIpc) is 2.36. The Morgan fingerprint density at radius 1 is 1.45 bits per heavy atom. The van der Waals surface area contributed by atoms with Crippen molar-refractivity contribution in [2.75, 3.05) is 0 Å². The minimum absolute atomic E-state index is 0.189. The van der Waals surface area contributed by atoms with E-state index >= 15 is 0 Å². The van der Waals surface area contributed by atoms with Crippen LogP contribution >= 0.6 is 0 Å². The lowest BCUT2D eigenvalue weighted by molar-refractivity contribution is -0.123. The summed E-state index contributed by atoms with van der Waals surface area (Å²) in [6, 6.07) is 0. The molecule has 0 aromatic carbocycles. The molecule has 0 unspecified atom stereocenters. The first kappa shape index (κ1) is 8.72. The maximum absolute atomic E-state index is 11.0. The molecule has 2 heteroatoms. The monoisotopic (exact) mass is 156 g/mol. The molecular weight excluding hydrogens is 140 g/mol. The molecule has 0 spiro atoms.